The zero-order valence-electron chi connectivity index (χ0n) is 21.8. The topological polar surface area (TPSA) is 79.1 Å². The Balaban J connectivity index is 1.49. The first-order chi connectivity index (χ1) is 19.5. The number of rotatable bonds is 4. The number of benzene rings is 4. The number of allylic oxidation sites excluding steroid dienone is 1. The Hall–Kier alpha value is -4.69. The summed E-state index contributed by atoms with van der Waals surface area (Å²) in [5.41, 5.74) is 2.31. The minimum Gasteiger partial charge on any atom is -0.463 e. The normalized spacial score (nSPS) is 16.4. The van der Waals surface area contributed by atoms with Gasteiger partial charge in [0.2, 0.25) is 6.79 Å². The van der Waals surface area contributed by atoms with E-state index < -0.39 is 12.0 Å². The first kappa shape index (κ1) is 24.4. The largest absolute Gasteiger partial charge is 0.463 e. The van der Waals surface area contributed by atoms with Crippen LogP contribution < -0.4 is 24.4 Å². The summed E-state index contributed by atoms with van der Waals surface area (Å²) in [5, 5.41) is 4.31. The first-order valence-electron chi connectivity index (χ1n) is 13.0. The summed E-state index contributed by atoms with van der Waals surface area (Å²) in [6.45, 7) is 3.87. The third-order valence-electron chi connectivity index (χ3n) is 7.32. The maximum absolute atomic E-state index is 14.2. The number of carbonyl (C=O) groups excluding carboxylic acids is 1. The molecule has 2 aliphatic heterocycles. The van der Waals surface area contributed by atoms with E-state index in [-0.39, 0.29) is 19.0 Å². The van der Waals surface area contributed by atoms with Crippen LogP contribution in [0.3, 0.4) is 0 Å². The van der Waals surface area contributed by atoms with E-state index in [2.05, 4.69) is 30.3 Å². The molecule has 40 heavy (non-hydrogen) atoms. The van der Waals surface area contributed by atoms with Crippen molar-refractivity contribution in [2.45, 2.75) is 19.9 Å². The second kappa shape index (κ2) is 9.50. The minimum absolute atomic E-state index is 0.125. The van der Waals surface area contributed by atoms with E-state index in [1.165, 1.54) is 11.3 Å². The number of carbonyl (C=O) groups is 1. The van der Waals surface area contributed by atoms with Gasteiger partial charge in [0.25, 0.3) is 5.56 Å². The number of hydrogen-bond donors (Lipinski definition) is 0. The van der Waals surface area contributed by atoms with Gasteiger partial charge in [-0.05, 0) is 70.8 Å². The molecule has 0 N–H and O–H groups in total. The summed E-state index contributed by atoms with van der Waals surface area (Å²) >= 11 is 1.31. The van der Waals surface area contributed by atoms with Crippen LogP contribution in [0.1, 0.15) is 31.0 Å². The molecule has 0 saturated carbocycles. The fourth-order valence-corrected chi connectivity index (χ4v) is 6.55. The Kier molecular flexibility index (Phi) is 5.78. The van der Waals surface area contributed by atoms with Gasteiger partial charge in [-0.3, -0.25) is 9.36 Å². The van der Waals surface area contributed by atoms with Crippen molar-refractivity contribution in [2.24, 2.45) is 4.99 Å². The summed E-state index contributed by atoms with van der Waals surface area (Å²) in [4.78, 5) is 32.6. The molecule has 0 spiro atoms. The van der Waals surface area contributed by atoms with Crippen LogP contribution in [-0.4, -0.2) is 23.9 Å². The number of nitrogens with zero attached hydrogens (tertiary/aromatic N) is 2. The lowest BCUT2D eigenvalue weighted by atomic mass is 9.95. The highest BCUT2D eigenvalue weighted by Gasteiger charge is 2.34. The molecule has 1 unspecified atom stereocenters. The van der Waals surface area contributed by atoms with Crippen LogP contribution in [0, 0.1) is 0 Å². The molecule has 7 nitrogen and oxygen atoms in total. The summed E-state index contributed by atoms with van der Waals surface area (Å²) in [5.74, 6) is 0.692. The van der Waals surface area contributed by atoms with Gasteiger partial charge in [-0.1, -0.05) is 65.9 Å². The second-order valence-corrected chi connectivity index (χ2v) is 10.7. The molecule has 198 valence electrons. The van der Waals surface area contributed by atoms with E-state index in [0.717, 1.165) is 27.1 Å². The molecule has 0 radical (unpaired) electrons. The van der Waals surface area contributed by atoms with Gasteiger partial charge in [0, 0.05) is 0 Å². The molecule has 8 heteroatoms. The third-order valence-corrected chi connectivity index (χ3v) is 8.30. The molecule has 7 rings (SSSR count). The molecule has 2 aliphatic rings. The van der Waals surface area contributed by atoms with Gasteiger partial charge < -0.3 is 14.2 Å². The molecule has 0 saturated heterocycles. The molecule has 0 bridgehead atoms. The smallest absolute Gasteiger partial charge is 0.338 e. The van der Waals surface area contributed by atoms with Gasteiger partial charge in [-0.25, -0.2) is 9.79 Å². The monoisotopic (exact) mass is 548 g/mol. The number of thiazole rings is 1. The van der Waals surface area contributed by atoms with Crippen LogP contribution in [0.25, 0.3) is 27.6 Å². The molecule has 4 aromatic carbocycles. The SMILES string of the molecule is CCOC(=O)C1=C(C)N=c2s/c(=C\c3c4ccccc4cc4ccccc34)c(=O)n2C1c1ccc2c(c1)OCO2. The number of aromatic nitrogens is 1. The zero-order chi connectivity index (χ0) is 27.4. The Bertz CT molecular complexity index is 2020. The van der Waals surface area contributed by atoms with Crippen LogP contribution in [0.15, 0.2) is 93.9 Å². The van der Waals surface area contributed by atoms with Crippen molar-refractivity contribution in [2.75, 3.05) is 13.4 Å². The predicted molar refractivity (Wildman–Crippen MR) is 154 cm³/mol. The van der Waals surface area contributed by atoms with Crippen LogP contribution in [0.4, 0.5) is 0 Å². The van der Waals surface area contributed by atoms with E-state index in [1.807, 2.05) is 42.5 Å². The van der Waals surface area contributed by atoms with Crippen molar-refractivity contribution >= 4 is 44.9 Å². The third kappa shape index (κ3) is 3.83. The van der Waals surface area contributed by atoms with Gasteiger partial charge in [0.15, 0.2) is 16.3 Å². The van der Waals surface area contributed by atoms with Crippen LogP contribution in [0.5, 0.6) is 11.5 Å². The predicted octanol–water partition coefficient (Wildman–Crippen LogP) is 4.83. The van der Waals surface area contributed by atoms with Gasteiger partial charge >= 0.3 is 5.97 Å². The lowest BCUT2D eigenvalue weighted by molar-refractivity contribution is -0.139. The first-order valence-corrected chi connectivity index (χ1v) is 13.8. The molecule has 0 fully saturated rings. The minimum atomic E-state index is -0.726. The average molecular weight is 549 g/mol. The Morgan fingerprint density at radius 1 is 1.02 bits per heavy atom. The molecule has 1 aromatic heterocycles. The zero-order valence-corrected chi connectivity index (χ0v) is 22.7. The molecule has 5 aromatic rings. The second-order valence-electron chi connectivity index (χ2n) is 9.65. The Morgan fingerprint density at radius 3 is 2.45 bits per heavy atom. The quantitative estimate of drug-likeness (QED) is 0.237. The highest BCUT2D eigenvalue weighted by Crippen LogP contribution is 2.38. The number of esters is 1. The average Bonchev–Trinajstić information content (AvgIpc) is 3.55. The molecular weight excluding hydrogens is 524 g/mol. The van der Waals surface area contributed by atoms with Crippen molar-refractivity contribution in [1.82, 2.24) is 4.57 Å². The Morgan fingerprint density at radius 2 is 1.73 bits per heavy atom. The standard InChI is InChI=1S/C32H24N2O5S/c1-3-37-31(36)28-18(2)33-32-34(29(28)21-12-13-25-26(15-21)39-17-38-25)30(35)27(40-32)16-24-22-10-6-4-8-19(22)14-20-9-5-7-11-23(20)24/h4-16,29H,3,17H2,1-2H3/b27-16-. The summed E-state index contributed by atoms with van der Waals surface area (Å²) < 4.78 is 18.7. The molecule has 0 aliphatic carbocycles. The molecule has 0 amide bonds. The molecule has 3 heterocycles. The van der Waals surface area contributed by atoms with Crippen molar-refractivity contribution < 1.29 is 19.0 Å². The van der Waals surface area contributed by atoms with E-state index in [4.69, 9.17) is 19.2 Å². The van der Waals surface area contributed by atoms with Gasteiger partial charge in [0.05, 0.1) is 28.5 Å². The fraction of sp³-hybridized carbons (Fsp3) is 0.156. The maximum Gasteiger partial charge on any atom is 0.338 e. The number of hydrogen-bond acceptors (Lipinski definition) is 7. The van der Waals surface area contributed by atoms with E-state index in [1.54, 1.807) is 24.5 Å². The fourth-order valence-electron chi connectivity index (χ4n) is 5.53. The Labute approximate surface area is 232 Å². The molecular formula is C32H24N2O5S. The number of fused-ring (bicyclic) bond motifs is 4. The summed E-state index contributed by atoms with van der Waals surface area (Å²) in [7, 11) is 0. The summed E-state index contributed by atoms with van der Waals surface area (Å²) in [6.07, 6.45) is 1.95. The van der Waals surface area contributed by atoms with E-state index in [0.29, 0.717) is 37.7 Å². The van der Waals surface area contributed by atoms with Gasteiger partial charge in [0.1, 0.15) is 0 Å². The van der Waals surface area contributed by atoms with Crippen molar-refractivity contribution in [1.29, 1.82) is 0 Å². The maximum atomic E-state index is 14.2. The summed E-state index contributed by atoms with van der Waals surface area (Å²) in [6, 6.07) is 23.3. The van der Waals surface area contributed by atoms with Crippen LogP contribution in [0.2, 0.25) is 0 Å². The lowest BCUT2D eigenvalue weighted by Crippen LogP contribution is -2.39. The number of ether oxygens (including phenoxy) is 3. The van der Waals surface area contributed by atoms with Crippen LogP contribution >= 0.6 is 11.3 Å². The highest BCUT2D eigenvalue weighted by molar-refractivity contribution is 7.07. The molecule has 1 atom stereocenters. The van der Waals surface area contributed by atoms with Gasteiger partial charge in [-0.2, -0.15) is 0 Å². The van der Waals surface area contributed by atoms with Crippen LogP contribution in [-0.2, 0) is 9.53 Å². The van der Waals surface area contributed by atoms with Crippen molar-refractivity contribution in [3.63, 3.8) is 0 Å². The van der Waals surface area contributed by atoms with Gasteiger partial charge in [-0.15, -0.1) is 0 Å². The van der Waals surface area contributed by atoms with Crippen molar-refractivity contribution in [3.05, 3.63) is 115 Å². The lowest BCUT2D eigenvalue weighted by Gasteiger charge is -2.24. The van der Waals surface area contributed by atoms with E-state index >= 15 is 0 Å². The van der Waals surface area contributed by atoms with E-state index in [9.17, 15) is 9.59 Å². The highest BCUT2D eigenvalue weighted by atomic mass is 32.1. The van der Waals surface area contributed by atoms with Crippen molar-refractivity contribution in [3.8, 4) is 11.5 Å².